The highest BCUT2D eigenvalue weighted by Gasteiger charge is 2.08. The number of rotatable bonds is 2. The molecule has 15 heavy (non-hydrogen) atoms. The van der Waals surface area contributed by atoms with Gasteiger partial charge in [-0.3, -0.25) is 0 Å². The lowest BCUT2D eigenvalue weighted by Crippen LogP contribution is -2.14. The second-order valence-corrected chi connectivity index (χ2v) is 4.59. The first-order valence-electron chi connectivity index (χ1n) is 5.68. The Morgan fingerprint density at radius 2 is 1.93 bits per heavy atom. The second-order valence-electron chi connectivity index (χ2n) is 4.59. The molecule has 0 aliphatic heterocycles. The van der Waals surface area contributed by atoms with E-state index < -0.39 is 0 Å². The Balaban J connectivity index is 2.26. The molecule has 1 heteroatoms. The summed E-state index contributed by atoms with van der Waals surface area (Å²) < 4.78 is 0. The number of benzene rings is 1. The lowest BCUT2D eigenvalue weighted by molar-refractivity contribution is 0.439. The van der Waals surface area contributed by atoms with Crippen molar-refractivity contribution in [2.75, 3.05) is 20.6 Å². The zero-order chi connectivity index (χ0) is 10.7. The van der Waals surface area contributed by atoms with Crippen LogP contribution < -0.4 is 0 Å². The molecule has 0 N–H and O–H groups in total. The highest BCUT2D eigenvalue weighted by atomic mass is 15.0. The van der Waals surface area contributed by atoms with Crippen LogP contribution in [-0.4, -0.2) is 25.5 Å². The molecule has 80 valence electrons. The van der Waals surface area contributed by atoms with E-state index in [1.807, 2.05) is 0 Å². The largest absolute Gasteiger partial charge is 0.305 e. The van der Waals surface area contributed by atoms with Crippen molar-refractivity contribution >= 4 is 6.08 Å². The van der Waals surface area contributed by atoms with Gasteiger partial charge >= 0.3 is 0 Å². The fraction of sp³-hybridized carbons (Fsp3) is 0.429. The van der Waals surface area contributed by atoms with Crippen LogP contribution in [0.4, 0.5) is 0 Å². The molecule has 1 nitrogen and oxygen atoms in total. The molecular formula is C14H19N. The summed E-state index contributed by atoms with van der Waals surface area (Å²) in [4.78, 5) is 2.25. The van der Waals surface area contributed by atoms with E-state index in [2.05, 4.69) is 49.3 Å². The highest BCUT2D eigenvalue weighted by Crippen LogP contribution is 2.22. The van der Waals surface area contributed by atoms with Gasteiger partial charge in [0.2, 0.25) is 0 Å². The highest BCUT2D eigenvalue weighted by molar-refractivity contribution is 5.58. The van der Waals surface area contributed by atoms with Crippen LogP contribution in [0.5, 0.6) is 0 Å². The molecule has 0 saturated heterocycles. The maximum Gasteiger partial charge on any atom is 0.0190 e. The van der Waals surface area contributed by atoms with E-state index >= 15 is 0 Å². The zero-order valence-corrected chi connectivity index (χ0v) is 9.66. The lowest BCUT2D eigenvalue weighted by atomic mass is 10.1. The predicted octanol–water partition coefficient (Wildman–Crippen LogP) is 2.97. The molecule has 0 amide bonds. The van der Waals surface area contributed by atoms with Crippen LogP contribution in [0.25, 0.3) is 6.08 Å². The summed E-state index contributed by atoms with van der Waals surface area (Å²) in [6, 6.07) is 8.76. The minimum Gasteiger partial charge on any atom is -0.305 e. The summed E-state index contributed by atoms with van der Waals surface area (Å²) in [5, 5.41) is 0. The van der Waals surface area contributed by atoms with Crippen LogP contribution >= 0.6 is 0 Å². The molecule has 0 fully saturated rings. The Kier molecular flexibility index (Phi) is 3.22. The minimum absolute atomic E-state index is 1.09. The van der Waals surface area contributed by atoms with Gasteiger partial charge in [0.1, 0.15) is 0 Å². The molecule has 0 radical (unpaired) electrons. The quantitative estimate of drug-likeness (QED) is 0.711. The van der Waals surface area contributed by atoms with Gasteiger partial charge in [-0.2, -0.15) is 0 Å². The van der Waals surface area contributed by atoms with E-state index in [0.717, 1.165) is 6.54 Å². The van der Waals surface area contributed by atoms with Crippen molar-refractivity contribution in [3.63, 3.8) is 0 Å². The molecular weight excluding hydrogens is 182 g/mol. The molecule has 0 saturated carbocycles. The van der Waals surface area contributed by atoms with E-state index in [0.29, 0.717) is 0 Å². The molecule has 1 aromatic rings. The first-order valence-corrected chi connectivity index (χ1v) is 5.68. The van der Waals surface area contributed by atoms with E-state index in [1.54, 1.807) is 5.57 Å². The van der Waals surface area contributed by atoms with Crippen LogP contribution in [-0.2, 0) is 6.42 Å². The van der Waals surface area contributed by atoms with Crippen LogP contribution in [0.3, 0.4) is 0 Å². The average molecular weight is 201 g/mol. The number of hydrogen-bond donors (Lipinski definition) is 0. The summed E-state index contributed by atoms with van der Waals surface area (Å²) in [7, 11) is 4.27. The van der Waals surface area contributed by atoms with Crippen molar-refractivity contribution in [3.05, 3.63) is 41.0 Å². The average Bonchev–Trinajstić information content (AvgIpc) is 2.38. The van der Waals surface area contributed by atoms with Crippen molar-refractivity contribution in [3.8, 4) is 0 Å². The first kappa shape index (κ1) is 10.4. The molecule has 1 aliphatic carbocycles. The van der Waals surface area contributed by atoms with Crippen molar-refractivity contribution in [1.29, 1.82) is 0 Å². The van der Waals surface area contributed by atoms with Gasteiger partial charge in [0.15, 0.2) is 0 Å². The summed E-state index contributed by atoms with van der Waals surface area (Å²) in [5.74, 6) is 0. The molecule has 0 unspecified atom stereocenters. The maximum atomic E-state index is 2.38. The van der Waals surface area contributed by atoms with Gasteiger partial charge < -0.3 is 4.90 Å². The second kappa shape index (κ2) is 4.63. The monoisotopic (exact) mass is 201 g/mol. The third-order valence-electron chi connectivity index (χ3n) is 2.88. The summed E-state index contributed by atoms with van der Waals surface area (Å²) in [5.41, 5.74) is 4.49. The normalized spacial score (nSPS) is 15.8. The van der Waals surface area contributed by atoms with E-state index in [9.17, 15) is 0 Å². The number of aryl methyl sites for hydroxylation is 1. The lowest BCUT2D eigenvalue weighted by Gasteiger charge is -2.11. The fourth-order valence-corrected chi connectivity index (χ4v) is 2.23. The Labute approximate surface area is 92.4 Å². The van der Waals surface area contributed by atoms with Crippen molar-refractivity contribution in [2.24, 2.45) is 0 Å². The zero-order valence-electron chi connectivity index (χ0n) is 9.66. The van der Waals surface area contributed by atoms with Gasteiger partial charge in [0.05, 0.1) is 0 Å². The third kappa shape index (κ3) is 2.69. The van der Waals surface area contributed by atoms with Crippen molar-refractivity contribution in [1.82, 2.24) is 4.90 Å². The Hall–Kier alpha value is -1.08. The molecule has 0 heterocycles. The predicted molar refractivity (Wildman–Crippen MR) is 65.9 cm³/mol. The topological polar surface area (TPSA) is 3.24 Å². The van der Waals surface area contributed by atoms with Gasteiger partial charge in [-0.05, 0) is 44.5 Å². The number of nitrogens with zero attached hydrogens (tertiary/aromatic N) is 1. The maximum absolute atomic E-state index is 2.38. The van der Waals surface area contributed by atoms with Crippen LogP contribution in [0.2, 0.25) is 0 Å². The standard InChI is InChI=1S/C14H19N/c1-15(2)11-12-6-5-9-13-7-3-4-8-14(13)10-12/h3-4,7-8,10H,5-6,9,11H2,1-2H3. The Morgan fingerprint density at radius 3 is 2.73 bits per heavy atom. The Morgan fingerprint density at radius 1 is 1.13 bits per heavy atom. The van der Waals surface area contributed by atoms with E-state index in [-0.39, 0.29) is 0 Å². The first-order chi connectivity index (χ1) is 7.25. The van der Waals surface area contributed by atoms with Crippen LogP contribution in [0.15, 0.2) is 29.8 Å². The molecule has 0 atom stereocenters. The van der Waals surface area contributed by atoms with Crippen molar-refractivity contribution in [2.45, 2.75) is 19.3 Å². The van der Waals surface area contributed by atoms with Gasteiger partial charge in [-0.15, -0.1) is 0 Å². The van der Waals surface area contributed by atoms with Gasteiger partial charge in [-0.1, -0.05) is 35.9 Å². The Bertz CT molecular complexity index is 363. The van der Waals surface area contributed by atoms with Crippen LogP contribution in [0.1, 0.15) is 24.0 Å². The molecule has 0 spiro atoms. The molecule has 1 aromatic carbocycles. The minimum atomic E-state index is 1.09. The molecule has 2 rings (SSSR count). The van der Waals surface area contributed by atoms with Gasteiger partial charge in [-0.25, -0.2) is 0 Å². The molecule has 0 aromatic heterocycles. The molecule has 0 bridgehead atoms. The number of fused-ring (bicyclic) bond motifs is 1. The third-order valence-corrected chi connectivity index (χ3v) is 2.88. The molecule has 1 aliphatic rings. The van der Waals surface area contributed by atoms with Crippen LogP contribution in [0, 0.1) is 0 Å². The van der Waals surface area contributed by atoms with Gasteiger partial charge in [0.25, 0.3) is 0 Å². The van der Waals surface area contributed by atoms with Crippen molar-refractivity contribution < 1.29 is 0 Å². The van der Waals surface area contributed by atoms with E-state index in [4.69, 9.17) is 0 Å². The van der Waals surface area contributed by atoms with E-state index in [1.165, 1.54) is 30.4 Å². The SMILES string of the molecule is CN(C)CC1=Cc2ccccc2CCC1. The number of likely N-dealkylation sites (N-methyl/N-ethyl adjacent to an activating group) is 1. The smallest absolute Gasteiger partial charge is 0.0190 e. The fourth-order valence-electron chi connectivity index (χ4n) is 2.23. The number of hydrogen-bond acceptors (Lipinski definition) is 1. The summed E-state index contributed by atoms with van der Waals surface area (Å²) >= 11 is 0. The summed E-state index contributed by atoms with van der Waals surface area (Å²) in [6.45, 7) is 1.09. The summed E-state index contributed by atoms with van der Waals surface area (Å²) in [6.07, 6.45) is 6.13. The van der Waals surface area contributed by atoms with Gasteiger partial charge in [0, 0.05) is 6.54 Å².